The molecule has 2 aromatic heterocycles. The number of fused-ring (bicyclic) bond motifs is 1. The summed E-state index contributed by atoms with van der Waals surface area (Å²) in [6.45, 7) is 6.40. The van der Waals surface area contributed by atoms with Gasteiger partial charge in [-0.05, 0) is 42.2 Å². The zero-order valence-electron chi connectivity index (χ0n) is 19.5. The lowest BCUT2D eigenvalue weighted by Crippen LogP contribution is -2.20. The minimum absolute atomic E-state index is 0.0401. The number of aromatic nitrogens is 3. The average Bonchev–Trinajstić information content (AvgIpc) is 3.22. The maximum atomic E-state index is 12.8. The molecule has 0 aliphatic rings. The Morgan fingerprint density at radius 2 is 1.85 bits per heavy atom. The number of nitrogens with zero attached hydrogens (tertiary/aromatic N) is 3. The molecule has 4 aromatic rings. The van der Waals surface area contributed by atoms with Gasteiger partial charge in [0.1, 0.15) is 17.4 Å². The van der Waals surface area contributed by atoms with E-state index in [1.54, 1.807) is 24.3 Å². The Morgan fingerprint density at radius 3 is 2.53 bits per heavy atom. The molecule has 0 saturated heterocycles. The van der Waals surface area contributed by atoms with Crippen LogP contribution in [0, 0.1) is 5.92 Å². The van der Waals surface area contributed by atoms with E-state index in [0.29, 0.717) is 34.4 Å². The molecule has 1 atom stereocenters. The van der Waals surface area contributed by atoms with Crippen molar-refractivity contribution in [3.8, 4) is 5.75 Å². The molecule has 0 saturated carbocycles. The van der Waals surface area contributed by atoms with Gasteiger partial charge >= 0.3 is 0 Å². The molecule has 0 spiro atoms. The first-order chi connectivity index (χ1) is 16.4. The molecule has 0 radical (unpaired) electrons. The van der Waals surface area contributed by atoms with Crippen LogP contribution < -0.4 is 15.6 Å². The molecule has 0 aliphatic carbocycles. The van der Waals surface area contributed by atoms with Crippen LogP contribution in [0.25, 0.3) is 4.96 Å². The lowest BCUT2D eigenvalue weighted by Gasteiger charge is -2.15. The van der Waals surface area contributed by atoms with Crippen molar-refractivity contribution in [1.29, 1.82) is 0 Å². The first-order valence-corrected chi connectivity index (χ1v) is 12.2. The summed E-state index contributed by atoms with van der Waals surface area (Å²) in [4.78, 5) is 30.3. The molecular formula is C26H28N4O3S. The first-order valence-electron chi connectivity index (χ1n) is 11.4. The van der Waals surface area contributed by atoms with Gasteiger partial charge in [-0.1, -0.05) is 62.4 Å². The van der Waals surface area contributed by atoms with Crippen LogP contribution in [0.1, 0.15) is 49.4 Å². The summed E-state index contributed by atoms with van der Waals surface area (Å²) in [6, 6.07) is 18.4. The Hall–Kier alpha value is -3.52. The third-order valence-electron chi connectivity index (χ3n) is 5.36. The lowest BCUT2D eigenvalue weighted by molar-refractivity contribution is -0.117. The minimum atomic E-state index is -0.211. The number of hydrogen-bond donors (Lipinski definition) is 1. The summed E-state index contributed by atoms with van der Waals surface area (Å²) in [6.07, 6.45) is 1.53. The zero-order chi connectivity index (χ0) is 24.1. The van der Waals surface area contributed by atoms with Crippen molar-refractivity contribution in [3.05, 3.63) is 87.3 Å². The van der Waals surface area contributed by atoms with Crippen molar-refractivity contribution in [2.75, 3.05) is 5.32 Å². The summed E-state index contributed by atoms with van der Waals surface area (Å²) in [5.41, 5.74) is 2.04. The predicted octanol–water partition coefficient (Wildman–Crippen LogP) is 5.06. The van der Waals surface area contributed by atoms with Gasteiger partial charge in [-0.2, -0.15) is 9.61 Å². The predicted molar refractivity (Wildman–Crippen MR) is 135 cm³/mol. The molecule has 0 unspecified atom stereocenters. The van der Waals surface area contributed by atoms with Crippen molar-refractivity contribution < 1.29 is 9.53 Å². The van der Waals surface area contributed by atoms with Gasteiger partial charge in [0, 0.05) is 18.2 Å². The molecule has 4 rings (SSSR count). The number of anilines is 1. The van der Waals surface area contributed by atoms with Crippen LogP contribution in [0.3, 0.4) is 0 Å². The first kappa shape index (κ1) is 23.6. The Balaban J connectivity index is 1.38. The van der Waals surface area contributed by atoms with Crippen molar-refractivity contribution >= 4 is 27.9 Å². The molecule has 7 nitrogen and oxygen atoms in total. The second-order valence-corrected chi connectivity index (χ2v) is 9.59. The van der Waals surface area contributed by atoms with Gasteiger partial charge < -0.3 is 10.1 Å². The molecule has 0 aliphatic heterocycles. The van der Waals surface area contributed by atoms with Gasteiger partial charge in [-0.15, -0.1) is 0 Å². The van der Waals surface area contributed by atoms with E-state index in [1.165, 1.54) is 21.9 Å². The number of ether oxygens (including phenoxy) is 1. The van der Waals surface area contributed by atoms with Crippen molar-refractivity contribution in [2.45, 2.75) is 46.1 Å². The van der Waals surface area contributed by atoms with E-state index in [-0.39, 0.29) is 24.0 Å². The van der Waals surface area contributed by atoms with E-state index in [0.717, 1.165) is 17.0 Å². The quantitative estimate of drug-likeness (QED) is 0.365. The fourth-order valence-corrected chi connectivity index (χ4v) is 4.81. The van der Waals surface area contributed by atoms with E-state index < -0.39 is 0 Å². The van der Waals surface area contributed by atoms with Crippen LogP contribution in [-0.4, -0.2) is 20.5 Å². The fraction of sp³-hybridized carbons (Fsp3) is 0.308. The van der Waals surface area contributed by atoms with Gasteiger partial charge in [-0.25, -0.2) is 4.98 Å². The van der Waals surface area contributed by atoms with E-state index in [4.69, 9.17) is 4.74 Å². The normalized spacial score (nSPS) is 12.1. The van der Waals surface area contributed by atoms with Crippen molar-refractivity contribution in [3.63, 3.8) is 0 Å². The van der Waals surface area contributed by atoms with Crippen LogP contribution in [0.5, 0.6) is 5.75 Å². The third-order valence-corrected chi connectivity index (χ3v) is 6.29. The van der Waals surface area contributed by atoms with Gasteiger partial charge in [0.25, 0.3) is 5.56 Å². The molecular weight excluding hydrogens is 448 g/mol. The number of carbonyl (C=O) groups excluding carboxylic acids is 1. The van der Waals surface area contributed by atoms with Crippen LogP contribution in [0.4, 0.5) is 5.69 Å². The number of nitrogens with one attached hydrogen (secondary N) is 1. The molecule has 2 aromatic carbocycles. The second kappa shape index (κ2) is 10.6. The van der Waals surface area contributed by atoms with Gasteiger partial charge in [0.05, 0.1) is 11.6 Å². The molecule has 1 N–H and O–H groups in total. The van der Waals surface area contributed by atoms with E-state index in [9.17, 15) is 9.59 Å². The number of carbonyl (C=O) groups is 1. The summed E-state index contributed by atoms with van der Waals surface area (Å²) in [7, 11) is 0. The Morgan fingerprint density at radius 1 is 1.12 bits per heavy atom. The SMILES string of the molecule is CC[C@@H](C(=O)Nc1ccc(OCc2cc(=O)n3nc(CC(C)C)sc3n2)cc1)c1ccccc1. The molecule has 176 valence electrons. The van der Waals surface area contributed by atoms with Crippen LogP contribution in [0.2, 0.25) is 0 Å². The highest BCUT2D eigenvalue weighted by Crippen LogP contribution is 2.23. The summed E-state index contributed by atoms with van der Waals surface area (Å²) in [5.74, 6) is 0.838. The van der Waals surface area contributed by atoms with E-state index >= 15 is 0 Å². The Labute approximate surface area is 202 Å². The minimum Gasteiger partial charge on any atom is -0.487 e. The summed E-state index contributed by atoms with van der Waals surface area (Å²) >= 11 is 1.43. The molecule has 0 fully saturated rings. The molecule has 2 heterocycles. The number of benzene rings is 2. The monoisotopic (exact) mass is 476 g/mol. The highest BCUT2D eigenvalue weighted by Gasteiger charge is 2.18. The molecule has 0 bridgehead atoms. The van der Waals surface area contributed by atoms with Crippen molar-refractivity contribution in [1.82, 2.24) is 14.6 Å². The van der Waals surface area contributed by atoms with Crippen LogP contribution in [0.15, 0.2) is 65.5 Å². The standard InChI is InChI=1S/C26H28N4O3S/c1-4-22(18-8-6-5-7-9-18)25(32)27-19-10-12-21(13-11-19)33-16-20-15-24(31)30-26(28-20)34-23(29-30)14-17(2)3/h5-13,15,17,22H,4,14,16H2,1-3H3,(H,27,32)/t22-/m1/s1. The number of hydrogen-bond acceptors (Lipinski definition) is 6. The largest absolute Gasteiger partial charge is 0.487 e. The third kappa shape index (κ3) is 5.69. The smallest absolute Gasteiger partial charge is 0.275 e. The zero-order valence-corrected chi connectivity index (χ0v) is 20.3. The maximum Gasteiger partial charge on any atom is 0.275 e. The topological polar surface area (TPSA) is 85.6 Å². The summed E-state index contributed by atoms with van der Waals surface area (Å²) in [5, 5.41) is 8.24. The molecule has 8 heteroatoms. The van der Waals surface area contributed by atoms with Gasteiger partial charge in [0.2, 0.25) is 10.9 Å². The maximum absolute atomic E-state index is 12.8. The highest BCUT2D eigenvalue weighted by molar-refractivity contribution is 7.16. The highest BCUT2D eigenvalue weighted by atomic mass is 32.1. The molecule has 1 amide bonds. The van der Waals surface area contributed by atoms with Gasteiger partial charge in [-0.3, -0.25) is 9.59 Å². The van der Waals surface area contributed by atoms with Crippen LogP contribution >= 0.6 is 11.3 Å². The fourth-order valence-electron chi connectivity index (χ4n) is 3.68. The summed E-state index contributed by atoms with van der Waals surface area (Å²) < 4.78 is 7.18. The average molecular weight is 477 g/mol. The van der Waals surface area contributed by atoms with Crippen molar-refractivity contribution in [2.24, 2.45) is 5.92 Å². The Kier molecular flexibility index (Phi) is 7.37. The second-order valence-electron chi connectivity index (χ2n) is 8.55. The molecule has 34 heavy (non-hydrogen) atoms. The van der Waals surface area contributed by atoms with Gasteiger partial charge in [0.15, 0.2) is 0 Å². The number of rotatable bonds is 9. The number of amides is 1. The van der Waals surface area contributed by atoms with E-state index in [2.05, 4.69) is 29.2 Å². The van der Waals surface area contributed by atoms with E-state index in [1.807, 2.05) is 37.3 Å². The Bertz CT molecular complexity index is 1310. The van der Waals surface area contributed by atoms with Crippen LogP contribution in [-0.2, 0) is 17.8 Å². The lowest BCUT2D eigenvalue weighted by atomic mass is 9.95.